The van der Waals surface area contributed by atoms with Crippen molar-refractivity contribution in [1.29, 1.82) is 0 Å². The molecule has 2 aromatic carbocycles. The monoisotopic (exact) mass is 399 g/mol. The first-order valence-electron chi connectivity index (χ1n) is 9.26. The van der Waals surface area contributed by atoms with Crippen molar-refractivity contribution in [2.45, 2.75) is 20.3 Å². The second kappa shape index (κ2) is 11.3. The molecule has 154 valence electrons. The molecule has 0 fully saturated rings. The van der Waals surface area contributed by atoms with Crippen molar-refractivity contribution in [3.8, 4) is 17.2 Å². The number of carbonyl (C=O) groups is 2. The highest BCUT2D eigenvalue weighted by molar-refractivity contribution is 6.39. The molecule has 0 aliphatic carbocycles. The number of hydrogen-bond acceptors (Lipinski definition) is 6. The van der Waals surface area contributed by atoms with E-state index in [9.17, 15) is 9.59 Å². The summed E-state index contributed by atoms with van der Waals surface area (Å²) in [6.45, 7) is 4.98. The van der Waals surface area contributed by atoms with Crippen LogP contribution in [0.25, 0.3) is 0 Å². The summed E-state index contributed by atoms with van der Waals surface area (Å²) in [7, 11) is 1.48. The van der Waals surface area contributed by atoms with Gasteiger partial charge in [0.05, 0.1) is 32.2 Å². The molecule has 8 heteroatoms. The maximum atomic E-state index is 12.0. The van der Waals surface area contributed by atoms with Gasteiger partial charge in [0.15, 0.2) is 11.5 Å². The number of anilines is 1. The van der Waals surface area contributed by atoms with Gasteiger partial charge in [-0.05, 0) is 49.2 Å². The largest absolute Gasteiger partial charge is 0.495 e. The molecule has 0 aliphatic rings. The van der Waals surface area contributed by atoms with E-state index in [1.54, 1.807) is 42.5 Å². The zero-order valence-electron chi connectivity index (χ0n) is 16.7. The Hall–Kier alpha value is -3.55. The zero-order valence-corrected chi connectivity index (χ0v) is 16.7. The van der Waals surface area contributed by atoms with Gasteiger partial charge in [0.1, 0.15) is 5.75 Å². The number of methoxy groups -OCH3 is 1. The molecular weight excluding hydrogens is 374 g/mol. The lowest BCUT2D eigenvalue weighted by molar-refractivity contribution is -0.136. The Morgan fingerprint density at radius 1 is 1.00 bits per heavy atom. The molecule has 8 nitrogen and oxygen atoms in total. The summed E-state index contributed by atoms with van der Waals surface area (Å²) in [6.07, 6.45) is 2.30. The molecule has 0 heterocycles. The summed E-state index contributed by atoms with van der Waals surface area (Å²) < 4.78 is 16.4. The Morgan fingerprint density at radius 3 is 2.52 bits per heavy atom. The molecule has 0 saturated heterocycles. The quantitative estimate of drug-likeness (QED) is 0.384. The molecule has 0 saturated carbocycles. The average Bonchev–Trinajstić information content (AvgIpc) is 2.73. The lowest BCUT2D eigenvalue weighted by atomic mass is 10.2. The predicted molar refractivity (Wildman–Crippen MR) is 111 cm³/mol. The van der Waals surface area contributed by atoms with Crippen molar-refractivity contribution in [2.75, 3.05) is 25.6 Å². The summed E-state index contributed by atoms with van der Waals surface area (Å²) >= 11 is 0. The number of carbonyl (C=O) groups excluding carboxylic acids is 2. The number of hydrogen-bond donors (Lipinski definition) is 2. The van der Waals surface area contributed by atoms with Crippen LogP contribution in [0.15, 0.2) is 47.6 Å². The molecule has 0 atom stereocenters. The Balaban J connectivity index is 1.98. The molecule has 2 rings (SSSR count). The normalized spacial score (nSPS) is 10.4. The van der Waals surface area contributed by atoms with Crippen LogP contribution >= 0.6 is 0 Å². The number of nitrogens with zero attached hydrogens (tertiary/aromatic N) is 1. The summed E-state index contributed by atoms with van der Waals surface area (Å²) in [5, 5.41) is 6.30. The third kappa shape index (κ3) is 6.53. The highest BCUT2D eigenvalue weighted by atomic mass is 16.5. The fraction of sp³-hybridized carbons (Fsp3) is 0.286. The SMILES string of the molecule is CCCOc1ccc(/C=N/NC(=O)C(=O)Nc2ccccc2OC)cc1OCC. The van der Waals surface area contributed by atoms with Crippen molar-refractivity contribution in [1.82, 2.24) is 5.43 Å². The van der Waals surface area contributed by atoms with E-state index in [1.807, 2.05) is 13.8 Å². The third-order valence-electron chi connectivity index (χ3n) is 3.67. The number of hydrazone groups is 1. The maximum Gasteiger partial charge on any atom is 0.329 e. The fourth-order valence-electron chi connectivity index (χ4n) is 2.35. The van der Waals surface area contributed by atoms with Crippen LogP contribution in [0.4, 0.5) is 5.69 Å². The molecule has 2 N–H and O–H groups in total. The van der Waals surface area contributed by atoms with Crippen LogP contribution in [0.1, 0.15) is 25.8 Å². The number of nitrogens with one attached hydrogen (secondary N) is 2. The summed E-state index contributed by atoms with van der Waals surface area (Å²) in [5.74, 6) is -0.0766. The molecule has 29 heavy (non-hydrogen) atoms. The Bertz CT molecular complexity index is 867. The average molecular weight is 399 g/mol. The van der Waals surface area contributed by atoms with Crippen LogP contribution in [0.5, 0.6) is 17.2 Å². The van der Waals surface area contributed by atoms with Gasteiger partial charge in [-0.1, -0.05) is 19.1 Å². The first kappa shape index (κ1) is 21.7. The number of benzene rings is 2. The van der Waals surface area contributed by atoms with Gasteiger partial charge in [-0.2, -0.15) is 5.10 Å². The molecule has 0 spiro atoms. The third-order valence-corrected chi connectivity index (χ3v) is 3.67. The van der Waals surface area contributed by atoms with Gasteiger partial charge >= 0.3 is 11.8 Å². The predicted octanol–water partition coefficient (Wildman–Crippen LogP) is 2.97. The van der Waals surface area contributed by atoms with Crippen LogP contribution in [-0.4, -0.2) is 38.4 Å². The Morgan fingerprint density at radius 2 is 1.79 bits per heavy atom. The molecule has 2 aromatic rings. The van der Waals surface area contributed by atoms with E-state index in [2.05, 4.69) is 15.8 Å². The van der Waals surface area contributed by atoms with Gasteiger partial charge in [0.25, 0.3) is 0 Å². The van der Waals surface area contributed by atoms with Crippen molar-refractivity contribution in [2.24, 2.45) is 5.10 Å². The van der Waals surface area contributed by atoms with Crippen LogP contribution in [-0.2, 0) is 9.59 Å². The van der Waals surface area contributed by atoms with Crippen molar-refractivity contribution in [3.05, 3.63) is 48.0 Å². The molecule has 0 aromatic heterocycles. The van der Waals surface area contributed by atoms with Gasteiger partial charge in [0.2, 0.25) is 0 Å². The van der Waals surface area contributed by atoms with Crippen molar-refractivity contribution < 1.29 is 23.8 Å². The van der Waals surface area contributed by atoms with E-state index in [-0.39, 0.29) is 0 Å². The summed E-state index contributed by atoms with van der Waals surface area (Å²) in [4.78, 5) is 24.0. The molecule has 0 bridgehead atoms. The van der Waals surface area contributed by atoms with Gasteiger partial charge in [0, 0.05) is 0 Å². The molecular formula is C21H25N3O5. The van der Waals surface area contributed by atoms with Crippen LogP contribution < -0.4 is 25.0 Å². The minimum atomic E-state index is -0.903. The van der Waals surface area contributed by atoms with E-state index in [0.717, 1.165) is 6.42 Å². The maximum absolute atomic E-state index is 12.0. The topological polar surface area (TPSA) is 98.2 Å². The lowest BCUT2D eigenvalue weighted by Crippen LogP contribution is -2.32. The first-order chi connectivity index (χ1) is 14.1. The van der Waals surface area contributed by atoms with Gasteiger partial charge in [-0.3, -0.25) is 9.59 Å². The highest BCUT2D eigenvalue weighted by Crippen LogP contribution is 2.28. The number of rotatable bonds is 9. The van der Waals surface area contributed by atoms with Gasteiger partial charge in [-0.25, -0.2) is 5.43 Å². The van der Waals surface area contributed by atoms with E-state index >= 15 is 0 Å². The minimum Gasteiger partial charge on any atom is -0.495 e. The van der Waals surface area contributed by atoms with E-state index in [4.69, 9.17) is 14.2 Å². The van der Waals surface area contributed by atoms with Gasteiger partial charge < -0.3 is 19.5 Å². The first-order valence-corrected chi connectivity index (χ1v) is 9.26. The zero-order chi connectivity index (χ0) is 21.1. The van der Waals surface area contributed by atoms with Crippen molar-refractivity contribution in [3.63, 3.8) is 0 Å². The standard InChI is InChI=1S/C21H25N3O5/c1-4-12-29-18-11-10-15(13-19(18)28-5-2)14-22-24-21(26)20(25)23-16-8-6-7-9-17(16)27-3/h6-11,13-14H,4-5,12H2,1-3H3,(H,23,25)(H,24,26)/b22-14+. The minimum absolute atomic E-state index is 0.392. The van der Waals surface area contributed by atoms with Crippen LogP contribution in [0.3, 0.4) is 0 Å². The molecule has 0 aliphatic heterocycles. The lowest BCUT2D eigenvalue weighted by Gasteiger charge is -2.11. The van der Waals surface area contributed by atoms with E-state index < -0.39 is 11.8 Å². The summed E-state index contributed by atoms with van der Waals surface area (Å²) in [6, 6.07) is 12.1. The van der Waals surface area contributed by atoms with Crippen LogP contribution in [0.2, 0.25) is 0 Å². The van der Waals surface area contributed by atoms with Crippen LogP contribution in [0, 0.1) is 0 Å². The number of para-hydroxylation sites is 2. The van der Waals surface area contributed by atoms with Crippen molar-refractivity contribution >= 4 is 23.7 Å². The Labute approximate surface area is 169 Å². The second-order valence-electron chi connectivity index (χ2n) is 5.84. The summed E-state index contributed by atoms with van der Waals surface area (Å²) in [5.41, 5.74) is 3.27. The fourth-order valence-corrected chi connectivity index (χ4v) is 2.35. The molecule has 0 radical (unpaired) electrons. The number of amides is 2. The highest BCUT2D eigenvalue weighted by Gasteiger charge is 2.15. The van der Waals surface area contributed by atoms with Gasteiger partial charge in [-0.15, -0.1) is 0 Å². The molecule has 0 unspecified atom stereocenters. The Kier molecular flexibility index (Phi) is 8.50. The number of ether oxygens (including phenoxy) is 3. The smallest absolute Gasteiger partial charge is 0.329 e. The van der Waals surface area contributed by atoms with E-state index in [0.29, 0.717) is 41.7 Å². The molecule has 2 amide bonds. The van der Waals surface area contributed by atoms with E-state index in [1.165, 1.54) is 13.3 Å². The second-order valence-corrected chi connectivity index (χ2v) is 5.84.